The van der Waals surface area contributed by atoms with E-state index in [0.29, 0.717) is 6.54 Å². The molecule has 0 amide bonds. The predicted molar refractivity (Wildman–Crippen MR) is 91.1 cm³/mol. The second-order valence-electron chi connectivity index (χ2n) is 5.16. The molecule has 2 heterocycles. The topological polar surface area (TPSA) is 50.1 Å². The van der Waals surface area contributed by atoms with E-state index in [1.54, 1.807) is 11.3 Å². The number of aromatic nitrogens is 2. The van der Waals surface area contributed by atoms with Crippen molar-refractivity contribution in [3.8, 4) is 11.3 Å². The molecule has 2 N–H and O–H groups in total. The number of anilines is 1. The van der Waals surface area contributed by atoms with Crippen LogP contribution >= 0.6 is 11.3 Å². The zero-order valence-electron chi connectivity index (χ0n) is 12.5. The smallest absolute Gasteiger partial charge is 0.125 e. The first-order valence-electron chi connectivity index (χ1n) is 7.27. The number of aryl methyl sites for hydroxylation is 1. The van der Waals surface area contributed by atoms with E-state index in [2.05, 4.69) is 46.3 Å². The fourth-order valence-electron chi connectivity index (χ4n) is 2.40. The first kappa shape index (κ1) is 14.8. The van der Waals surface area contributed by atoms with Crippen molar-refractivity contribution in [2.45, 2.75) is 20.0 Å². The van der Waals surface area contributed by atoms with Gasteiger partial charge < -0.3 is 10.4 Å². The molecule has 0 atom stereocenters. The number of benzene rings is 1. The van der Waals surface area contributed by atoms with Gasteiger partial charge in [0.15, 0.2) is 0 Å². The fourth-order valence-corrected chi connectivity index (χ4v) is 3.07. The van der Waals surface area contributed by atoms with Crippen molar-refractivity contribution in [3.05, 3.63) is 58.3 Å². The van der Waals surface area contributed by atoms with Crippen molar-refractivity contribution < 1.29 is 5.11 Å². The standard InChI is InChI=1S/C17H19N3OS/c1-13-4-2-3-5-15(13)16-10-17(20(19-16)7-8-21)18-11-14-6-9-22-12-14/h2-6,9-10,12,18,21H,7-8,11H2,1H3. The normalized spacial score (nSPS) is 10.8. The van der Waals surface area contributed by atoms with Gasteiger partial charge in [0, 0.05) is 18.2 Å². The molecule has 0 spiro atoms. The van der Waals surface area contributed by atoms with E-state index in [1.807, 2.05) is 22.9 Å². The van der Waals surface area contributed by atoms with Crippen molar-refractivity contribution in [1.29, 1.82) is 0 Å². The average Bonchev–Trinajstić information content (AvgIpc) is 3.16. The fraction of sp³-hybridized carbons (Fsp3) is 0.235. The Hall–Kier alpha value is -2.11. The van der Waals surface area contributed by atoms with Crippen LogP contribution in [0.5, 0.6) is 0 Å². The first-order chi connectivity index (χ1) is 10.8. The summed E-state index contributed by atoms with van der Waals surface area (Å²) in [5.74, 6) is 0.929. The van der Waals surface area contributed by atoms with Crippen LogP contribution in [-0.2, 0) is 13.1 Å². The van der Waals surface area contributed by atoms with Gasteiger partial charge in [-0.3, -0.25) is 0 Å². The number of hydrogen-bond donors (Lipinski definition) is 2. The van der Waals surface area contributed by atoms with Crippen LogP contribution in [0.15, 0.2) is 47.2 Å². The summed E-state index contributed by atoms with van der Waals surface area (Å²) in [5, 5.41) is 21.5. The van der Waals surface area contributed by atoms with Crippen LogP contribution < -0.4 is 5.32 Å². The van der Waals surface area contributed by atoms with Crippen molar-refractivity contribution in [2.24, 2.45) is 0 Å². The second-order valence-corrected chi connectivity index (χ2v) is 5.94. The molecule has 3 aromatic rings. The summed E-state index contributed by atoms with van der Waals surface area (Å²) >= 11 is 1.69. The van der Waals surface area contributed by atoms with Gasteiger partial charge in [-0.1, -0.05) is 24.3 Å². The van der Waals surface area contributed by atoms with Crippen LogP contribution in [0.25, 0.3) is 11.3 Å². The summed E-state index contributed by atoms with van der Waals surface area (Å²) in [4.78, 5) is 0. The zero-order chi connectivity index (χ0) is 15.4. The molecular weight excluding hydrogens is 294 g/mol. The lowest BCUT2D eigenvalue weighted by molar-refractivity contribution is 0.270. The van der Waals surface area contributed by atoms with E-state index in [-0.39, 0.29) is 6.61 Å². The zero-order valence-corrected chi connectivity index (χ0v) is 13.3. The van der Waals surface area contributed by atoms with Crippen LogP contribution in [0.1, 0.15) is 11.1 Å². The molecule has 3 rings (SSSR count). The Morgan fingerprint density at radius 3 is 2.86 bits per heavy atom. The van der Waals surface area contributed by atoms with Gasteiger partial charge in [-0.2, -0.15) is 16.4 Å². The molecule has 22 heavy (non-hydrogen) atoms. The number of rotatable bonds is 6. The first-order valence-corrected chi connectivity index (χ1v) is 8.22. The molecule has 0 aliphatic heterocycles. The maximum Gasteiger partial charge on any atom is 0.125 e. The largest absolute Gasteiger partial charge is 0.394 e. The molecule has 0 bridgehead atoms. The number of thiophene rings is 1. The molecule has 0 aliphatic carbocycles. The van der Waals surface area contributed by atoms with Gasteiger partial charge in [0.25, 0.3) is 0 Å². The Balaban J connectivity index is 1.87. The molecule has 0 fully saturated rings. The highest BCUT2D eigenvalue weighted by atomic mass is 32.1. The SMILES string of the molecule is Cc1ccccc1-c1cc(NCc2ccsc2)n(CCO)n1. The van der Waals surface area contributed by atoms with Crippen LogP contribution in [0.2, 0.25) is 0 Å². The third kappa shape index (κ3) is 3.21. The van der Waals surface area contributed by atoms with E-state index in [4.69, 9.17) is 0 Å². The Morgan fingerprint density at radius 2 is 2.14 bits per heavy atom. The lowest BCUT2D eigenvalue weighted by atomic mass is 10.1. The molecule has 0 radical (unpaired) electrons. The van der Waals surface area contributed by atoms with Crippen molar-refractivity contribution >= 4 is 17.2 Å². The van der Waals surface area contributed by atoms with Gasteiger partial charge in [0.05, 0.1) is 18.8 Å². The van der Waals surface area contributed by atoms with Crippen LogP contribution in [-0.4, -0.2) is 21.5 Å². The van der Waals surface area contributed by atoms with E-state index >= 15 is 0 Å². The summed E-state index contributed by atoms with van der Waals surface area (Å²) < 4.78 is 1.83. The van der Waals surface area contributed by atoms with E-state index in [9.17, 15) is 5.11 Å². The number of aliphatic hydroxyl groups excluding tert-OH is 1. The Bertz CT molecular complexity index is 734. The Labute approximate surface area is 134 Å². The summed E-state index contributed by atoms with van der Waals surface area (Å²) in [6.45, 7) is 3.40. The number of nitrogens with one attached hydrogen (secondary N) is 1. The maximum atomic E-state index is 9.24. The van der Waals surface area contributed by atoms with Crippen molar-refractivity contribution in [3.63, 3.8) is 0 Å². The minimum absolute atomic E-state index is 0.0715. The molecule has 0 unspecified atom stereocenters. The molecular formula is C17H19N3OS. The number of hydrogen-bond acceptors (Lipinski definition) is 4. The van der Waals surface area contributed by atoms with E-state index in [0.717, 1.165) is 23.6 Å². The van der Waals surface area contributed by atoms with E-state index < -0.39 is 0 Å². The van der Waals surface area contributed by atoms with Gasteiger partial charge in [-0.25, -0.2) is 4.68 Å². The third-order valence-corrected chi connectivity index (χ3v) is 4.30. The predicted octanol–water partition coefficient (Wildman–Crippen LogP) is 3.52. The minimum atomic E-state index is 0.0715. The summed E-state index contributed by atoms with van der Waals surface area (Å²) in [6, 6.07) is 12.4. The highest BCUT2D eigenvalue weighted by Gasteiger charge is 2.10. The average molecular weight is 313 g/mol. The minimum Gasteiger partial charge on any atom is -0.394 e. The van der Waals surface area contributed by atoms with Crippen LogP contribution in [0.3, 0.4) is 0 Å². The highest BCUT2D eigenvalue weighted by Crippen LogP contribution is 2.25. The molecule has 0 aliphatic rings. The Kier molecular flexibility index (Phi) is 4.56. The third-order valence-electron chi connectivity index (χ3n) is 3.57. The number of nitrogens with zero attached hydrogens (tertiary/aromatic N) is 2. The Morgan fingerprint density at radius 1 is 1.27 bits per heavy atom. The lowest BCUT2D eigenvalue weighted by Gasteiger charge is -2.07. The summed E-state index contributed by atoms with van der Waals surface area (Å²) in [7, 11) is 0. The monoisotopic (exact) mass is 313 g/mol. The van der Waals surface area contributed by atoms with Gasteiger partial charge in [0.2, 0.25) is 0 Å². The number of aliphatic hydroxyl groups is 1. The van der Waals surface area contributed by atoms with E-state index in [1.165, 1.54) is 11.1 Å². The summed E-state index contributed by atoms with van der Waals surface area (Å²) in [5.41, 5.74) is 4.50. The van der Waals surface area contributed by atoms with Gasteiger partial charge in [0.1, 0.15) is 5.82 Å². The highest BCUT2D eigenvalue weighted by molar-refractivity contribution is 7.07. The van der Waals surface area contributed by atoms with Crippen molar-refractivity contribution in [2.75, 3.05) is 11.9 Å². The molecule has 2 aromatic heterocycles. The van der Waals surface area contributed by atoms with Gasteiger partial charge in [-0.05, 0) is 34.9 Å². The molecule has 1 aromatic carbocycles. The molecule has 4 nitrogen and oxygen atoms in total. The van der Waals surface area contributed by atoms with Gasteiger partial charge in [-0.15, -0.1) is 0 Å². The van der Waals surface area contributed by atoms with Crippen LogP contribution in [0.4, 0.5) is 5.82 Å². The second kappa shape index (κ2) is 6.77. The maximum absolute atomic E-state index is 9.24. The van der Waals surface area contributed by atoms with Gasteiger partial charge >= 0.3 is 0 Å². The lowest BCUT2D eigenvalue weighted by Crippen LogP contribution is -2.10. The molecule has 0 saturated heterocycles. The molecule has 114 valence electrons. The summed E-state index contributed by atoms with van der Waals surface area (Å²) in [6.07, 6.45) is 0. The van der Waals surface area contributed by atoms with Crippen molar-refractivity contribution in [1.82, 2.24) is 9.78 Å². The molecule has 5 heteroatoms. The van der Waals surface area contributed by atoms with Crippen LogP contribution in [0, 0.1) is 6.92 Å². The molecule has 0 saturated carbocycles. The quantitative estimate of drug-likeness (QED) is 0.732.